The number of benzene rings is 2. The van der Waals surface area contributed by atoms with Gasteiger partial charge in [-0.05, 0) is 42.3 Å². The van der Waals surface area contributed by atoms with Gasteiger partial charge in [0.2, 0.25) is 0 Å². The maximum absolute atomic E-state index is 14.0. The van der Waals surface area contributed by atoms with Gasteiger partial charge in [0.15, 0.2) is 11.5 Å². The van der Waals surface area contributed by atoms with Gasteiger partial charge in [0.05, 0.1) is 0 Å². The molecule has 7 heteroatoms. The van der Waals surface area contributed by atoms with Crippen molar-refractivity contribution in [3.05, 3.63) is 84.1 Å². The Hall–Kier alpha value is -2.70. The third kappa shape index (κ3) is 3.79. The van der Waals surface area contributed by atoms with Gasteiger partial charge in [-0.3, -0.25) is 4.40 Å². The number of rotatable bonds is 4. The maximum atomic E-state index is 14.0. The molecule has 0 aliphatic carbocycles. The molecule has 3 nitrogen and oxygen atoms in total. The molecule has 2 heterocycles. The number of hydrogen-bond acceptors (Lipinski definition) is 3. The van der Waals surface area contributed by atoms with Crippen LogP contribution in [-0.4, -0.2) is 14.6 Å². The van der Waals surface area contributed by atoms with E-state index in [0.717, 1.165) is 27.7 Å². The molecule has 0 atom stereocenters. The third-order valence-electron chi connectivity index (χ3n) is 4.22. The van der Waals surface area contributed by atoms with Crippen LogP contribution in [-0.2, 0) is 0 Å². The van der Waals surface area contributed by atoms with Crippen LogP contribution in [0.4, 0.5) is 8.78 Å². The molecule has 0 bridgehead atoms. The van der Waals surface area contributed by atoms with E-state index in [1.54, 1.807) is 6.08 Å². The van der Waals surface area contributed by atoms with Crippen LogP contribution >= 0.6 is 24.2 Å². The van der Waals surface area contributed by atoms with E-state index in [9.17, 15) is 8.78 Å². The molecule has 0 unspecified atom stereocenters. The van der Waals surface area contributed by atoms with E-state index in [0.29, 0.717) is 16.4 Å². The van der Waals surface area contributed by atoms with Crippen LogP contribution in [0.1, 0.15) is 11.1 Å². The first-order valence-corrected chi connectivity index (χ1v) is 9.08. The van der Waals surface area contributed by atoms with E-state index in [2.05, 4.69) is 16.8 Å². The Balaban J connectivity index is 0.00000225. The first kappa shape index (κ1) is 20.0. The van der Waals surface area contributed by atoms with Crippen LogP contribution in [0.15, 0.2) is 71.1 Å². The normalized spacial score (nSPS) is 10.7. The zero-order chi connectivity index (χ0) is 19.0. The van der Waals surface area contributed by atoms with Crippen molar-refractivity contribution in [3.63, 3.8) is 0 Å². The van der Waals surface area contributed by atoms with Crippen molar-refractivity contribution in [3.8, 4) is 11.4 Å². The topological polar surface area (TPSA) is 30.2 Å². The Morgan fingerprint density at radius 1 is 1.04 bits per heavy atom. The fraction of sp³-hybridized carbons (Fsp3) is 0.0476. The molecule has 0 aliphatic heterocycles. The molecule has 2 aromatic carbocycles. The van der Waals surface area contributed by atoms with Crippen LogP contribution in [0.3, 0.4) is 0 Å². The fourth-order valence-corrected chi connectivity index (χ4v) is 3.71. The Labute approximate surface area is 171 Å². The summed E-state index contributed by atoms with van der Waals surface area (Å²) < 4.78 is 28.9. The monoisotopic (exact) mass is 415 g/mol. The molecular weight excluding hydrogens is 400 g/mol. The molecule has 28 heavy (non-hydrogen) atoms. The average Bonchev–Trinajstić information content (AvgIpc) is 3.07. The lowest BCUT2D eigenvalue weighted by Crippen LogP contribution is -1.93. The SMILES string of the molecule is C=Cc1ccc(-c2nnc3ccc(Sc4ccc(F)cc4F)cn23)c(C)c1.Cl. The third-order valence-corrected chi connectivity index (χ3v) is 5.25. The largest absolute Gasteiger partial charge is 0.281 e. The lowest BCUT2D eigenvalue weighted by molar-refractivity contribution is 0.565. The number of aromatic nitrogens is 3. The summed E-state index contributed by atoms with van der Waals surface area (Å²) in [5, 5.41) is 8.53. The first-order valence-electron chi connectivity index (χ1n) is 8.26. The van der Waals surface area contributed by atoms with E-state index in [1.807, 2.05) is 47.9 Å². The summed E-state index contributed by atoms with van der Waals surface area (Å²) >= 11 is 1.22. The van der Waals surface area contributed by atoms with Crippen molar-refractivity contribution in [2.45, 2.75) is 16.7 Å². The Morgan fingerprint density at radius 3 is 2.57 bits per heavy atom. The van der Waals surface area contributed by atoms with Gasteiger partial charge in [0.25, 0.3) is 0 Å². The molecule has 2 aromatic heterocycles. The standard InChI is InChI=1S/C21H15F2N3S.ClH/c1-3-14-4-7-17(13(2)10-14)21-25-24-20-9-6-16(12-26(20)21)27-19-8-5-15(22)11-18(19)23;/h3-12H,1H2,2H3;1H. The molecule has 0 fully saturated rings. The van der Waals surface area contributed by atoms with Crippen LogP contribution in [0, 0.1) is 18.6 Å². The van der Waals surface area contributed by atoms with Crippen molar-refractivity contribution in [1.82, 2.24) is 14.6 Å². The number of hydrogen-bond donors (Lipinski definition) is 0. The zero-order valence-corrected chi connectivity index (χ0v) is 16.5. The van der Waals surface area contributed by atoms with Crippen molar-refractivity contribution < 1.29 is 8.78 Å². The highest BCUT2D eigenvalue weighted by molar-refractivity contribution is 7.99. The van der Waals surface area contributed by atoms with Crippen LogP contribution in [0.5, 0.6) is 0 Å². The molecule has 0 aliphatic rings. The van der Waals surface area contributed by atoms with Gasteiger partial charge in [-0.25, -0.2) is 8.78 Å². The molecule has 0 N–H and O–H groups in total. The number of pyridine rings is 1. The van der Waals surface area contributed by atoms with E-state index in [-0.39, 0.29) is 12.4 Å². The summed E-state index contributed by atoms with van der Waals surface area (Å²) in [4.78, 5) is 1.16. The van der Waals surface area contributed by atoms with Crippen LogP contribution < -0.4 is 0 Å². The first-order chi connectivity index (χ1) is 13.0. The second-order valence-electron chi connectivity index (χ2n) is 6.07. The summed E-state index contributed by atoms with van der Waals surface area (Å²) in [6, 6.07) is 13.2. The van der Waals surface area contributed by atoms with Gasteiger partial charge in [0.1, 0.15) is 11.6 Å². The number of aryl methyl sites for hydroxylation is 1. The van der Waals surface area contributed by atoms with Gasteiger partial charge in [-0.2, -0.15) is 0 Å². The Kier molecular flexibility index (Phi) is 5.82. The predicted molar refractivity (Wildman–Crippen MR) is 111 cm³/mol. The quantitative estimate of drug-likeness (QED) is 0.397. The number of nitrogens with zero attached hydrogens (tertiary/aromatic N) is 3. The second-order valence-corrected chi connectivity index (χ2v) is 7.19. The number of halogens is 3. The summed E-state index contributed by atoms with van der Waals surface area (Å²) in [6.45, 7) is 5.80. The maximum Gasteiger partial charge on any atom is 0.168 e. The van der Waals surface area contributed by atoms with Crippen LogP contribution in [0.2, 0.25) is 0 Å². The van der Waals surface area contributed by atoms with E-state index in [1.165, 1.54) is 23.9 Å². The average molecular weight is 416 g/mol. The molecule has 0 saturated heterocycles. The molecule has 0 amide bonds. The van der Waals surface area contributed by atoms with Gasteiger partial charge >= 0.3 is 0 Å². The molecule has 142 valence electrons. The lowest BCUT2D eigenvalue weighted by Gasteiger charge is -2.07. The van der Waals surface area contributed by atoms with Crippen LogP contribution in [0.25, 0.3) is 23.1 Å². The molecule has 4 rings (SSSR count). The van der Waals surface area contributed by atoms with Crippen molar-refractivity contribution in [2.24, 2.45) is 0 Å². The predicted octanol–water partition coefficient (Wildman–Crippen LogP) is 6.20. The smallest absolute Gasteiger partial charge is 0.168 e. The van der Waals surface area contributed by atoms with E-state index in [4.69, 9.17) is 0 Å². The van der Waals surface area contributed by atoms with Gasteiger partial charge in [0, 0.05) is 27.6 Å². The highest BCUT2D eigenvalue weighted by Gasteiger charge is 2.12. The zero-order valence-electron chi connectivity index (χ0n) is 14.9. The van der Waals surface area contributed by atoms with Gasteiger partial charge in [-0.15, -0.1) is 22.6 Å². The summed E-state index contributed by atoms with van der Waals surface area (Å²) in [5.74, 6) is -0.466. The van der Waals surface area contributed by atoms with E-state index < -0.39 is 11.6 Å². The summed E-state index contributed by atoms with van der Waals surface area (Å²) in [7, 11) is 0. The minimum Gasteiger partial charge on any atom is -0.281 e. The second kappa shape index (κ2) is 8.12. The molecule has 0 spiro atoms. The lowest BCUT2D eigenvalue weighted by atomic mass is 10.0. The fourth-order valence-electron chi connectivity index (χ4n) is 2.86. The van der Waals surface area contributed by atoms with Crippen molar-refractivity contribution in [1.29, 1.82) is 0 Å². The van der Waals surface area contributed by atoms with Crippen molar-refractivity contribution in [2.75, 3.05) is 0 Å². The van der Waals surface area contributed by atoms with Crippen molar-refractivity contribution >= 4 is 35.9 Å². The summed E-state index contributed by atoms with van der Waals surface area (Å²) in [5.41, 5.74) is 3.75. The Bertz CT molecular complexity index is 1170. The Morgan fingerprint density at radius 2 is 1.86 bits per heavy atom. The molecule has 0 saturated carbocycles. The highest BCUT2D eigenvalue weighted by Crippen LogP contribution is 2.31. The van der Waals surface area contributed by atoms with E-state index >= 15 is 0 Å². The minimum absolute atomic E-state index is 0. The minimum atomic E-state index is -0.591. The molecule has 0 radical (unpaired) electrons. The van der Waals surface area contributed by atoms with Gasteiger partial charge in [-0.1, -0.05) is 42.6 Å². The van der Waals surface area contributed by atoms with Gasteiger partial charge < -0.3 is 0 Å². The number of fused-ring (bicyclic) bond motifs is 1. The summed E-state index contributed by atoms with van der Waals surface area (Å²) in [6.07, 6.45) is 3.66. The molecule has 4 aromatic rings. The highest BCUT2D eigenvalue weighted by atomic mass is 35.5. The molecular formula is C21H16ClF2N3S.